The maximum absolute atomic E-state index is 12.1. The van der Waals surface area contributed by atoms with Gasteiger partial charge in [0.2, 0.25) is 0 Å². The Morgan fingerprint density at radius 2 is 1.95 bits per heavy atom. The monoisotopic (exact) mass is 308 g/mol. The number of unbranched alkanes of at least 4 members (excludes halogenated alkanes) is 1. The highest BCUT2D eigenvalue weighted by molar-refractivity contribution is 7.85. The van der Waals surface area contributed by atoms with Crippen LogP contribution in [0.25, 0.3) is 0 Å². The molecule has 1 aromatic carbocycles. The number of benzene rings is 1. The number of ether oxygens (including phenoxy) is 1. The standard InChI is InChI=1S/C17H24O3S/c1-20-16(18)13-17(10-11-17)14-21(19)12-6-5-9-15-7-3-2-4-8-15/h2-4,7-8H,5-6,9-14H2,1H3. The smallest absolute Gasteiger partial charge is 0.306 e. The number of methoxy groups -OCH3 is 1. The van der Waals surface area contributed by atoms with Crippen molar-refractivity contribution in [2.75, 3.05) is 18.6 Å². The molecule has 0 aliphatic heterocycles. The predicted molar refractivity (Wildman–Crippen MR) is 85.6 cm³/mol. The summed E-state index contributed by atoms with van der Waals surface area (Å²) in [5, 5.41) is 0. The number of carbonyl (C=O) groups is 1. The highest BCUT2D eigenvalue weighted by Gasteiger charge is 2.45. The van der Waals surface area contributed by atoms with Crippen molar-refractivity contribution >= 4 is 16.8 Å². The van der Waals surface area contributed by atoms with Gasteiger partial charge in [-0.1, -0.05) is 30.3 Å². The topological polar surface area (TPSA) is 43.4 Å². The number of carbonyl (C=O) groups excluding carboxylic acids is 1. The third-order valence-corrected chi connectivity index (χ3v) is 5.78. The molecule has 21 heavy (non-hydrogen) atoms. The van der Waals surface area contributed by atoms with Crippen LogP contribution in [0.1, 0.15) is 37.7 Å². The molecular formula is C17H24O3S. The summed E-state index contributed by atoms with van der Waals surface area (Å²) < 4.78 is 16.9. The van der Waals surface area contributed by atoms with E-state index in [9.17, 15) is 9.00 Å². The third kappa shape index (κ3) is 5.62. The van der Waals surface area contributed by atoms with Crippen molar-refractivity contribution < 1.29 is 13.7 Å². The highest BCUT2D eigenvalue weighted by atomic mass is 32.2. The molecule has 4 heteroatoms. The van der Waals surface area contributed by atoms with E-state index < -0.39 is 10.8 Å². The molecule has 1 unspecified atom stereocenters. The quantitative estimate of drug-likeness (QED) is 0.520. The van der Waals surface area contributed by atoms with Crippen LogP contribution < -0.4 is 0 Å². The predicted octanol–water partition coefficient (Wildman–Crippen LogP) is 3.10. The summed E-state index contributed by atoms with van der Waals surface area (Å²) >= 11 is 0. The molecule has 1 aromatic rings. The third-order valence-electron chi connectivity index (χ3n) is 4.10. The first-order chi connectivity index (χ1) is 10.1. The van der Waals surface area contributed by atoms with Gasteiger partial charge in [-0.25, -0.2) is 0 Å². The molecule has 1 fully saturated rings. The summed E-state index contributed by atoms with van der Waals surface area (Å²) in [6.45, 7) is 0. The second-order valence-electron chi connectivity index (χ2n) is 5.98. The van der Waals surface area contributed by atoms with Gasteiger partial charge in [-0.15, -0.1) is 0 Å². The molecule has 2 rings (SSSR count). The van der Waals surface area contributed by atoms with E-state index in [0.29, 0.717) is 12.2 Å². The molecule has 0 saturated heterocycles. The number of esters is 1. The van der Waals surface area contributed by atoms with Gasteiger partial charge < -0.3 is 4.74 Å². The molecule has 3 nitrogen and oxygen atoms in total. The zero-order valence-electron chi connectivity index (χ0n) is 12.7. The van der Waals surface area contributed by atoms with Crippen LogP contribution in [0.5, 0.6) is 0 Å². The van der Waals surface area contributed by atoms with E-state index in [1.165, 1.54) is 12.7 Å². The molecule has 1 aliphatic carbocycles. The van der Waals surface area contributed by atoms with Crippen LogP contribution in [-0.4, -0.2) is 28.8 Å². The van der Waals surface area contributed by atoms with Gasteiger partial charge in [-0.05, 0) is 43.1 Å². The molecule has 0 amide bonds. The van der Waals surface area contributed by atoms with Crippen molar-refractivity contribution in [3.8, 4) is 0 Å². The zero-order chi connectivity index (χ0) is 15.1. The largest absolute Gasteiger partial charge is 0.469 e. The summed E-state index contributed by atoms with van der Waals surface area (Å²) in [7, 11) is 0.605. The van der Waals surface area contributed by atoms with Crippen LogP contribution in [-0.2, 0) is 26.8 Å². The Morgan fingerprint density at radius 1 is 1.24 bits per heavy atom. The van der Waals surface area contributed by atoms with Gasteiger partial charge in [0.25, 0.3) is 0 Å². The average molecular weight is 308 g/mol. The fourth-order valence-electron chi connectivity index (χ4n) is 2.58. The first-order valence-electron chi connectivity index (χ1n) is 7.59. The molecule has 0 spiro atoms. The van der Waals surface area contributed by atoms with Crippen LogP contribution in [0.4, 0.5) is 0 Å². The average Bonchev–Trinajstić information content (AvgIpc) is 3.23. The molecule has 0 heterocycles. The van der Waals surface area contributed by atoms with Gasteiger partial charge in [0.05, 0.1) is 13.5 Å². The second-order valence-corrected chi connectivity index (χ2v) is 7.56. The van der Waals surface area contributed by atoms with Gasteiger partial charge in [0, 0.05) is 22.3 Å². The Labute approximate surface area is 129 Å². The van der Waals surface area contributed by atoms with Crippen LogP contribution in [0.15, 0.2) is 30.3 Å². The Hall–Kier alpha value is -1.16. The van der Waals surface area contributed by atoms with Crippen LogP contribution in [0.2, 0.25) is 0 Å². The van der Waals surface area contributed by atoms with E-state index in [-0.39, 0.29) is 11.4 Å². The SMILES string of the molecule is COC(=O)CC1(CS(=O)CCCCc2ccccc2)CC1. The van der Waals surface area contributed by atoms with E-state index in [2.05, 4.69) is 24.3 Å². The number of hydrogen-bond acceptors (Lipinski definition) is 3. The Morgan fingerprint density at radius 3 is 2.57 bits per heavy atom. The van der Waals surface area contributed by atoms with Crippen molar-refractivity contribution in [1.29, 1.82) is 0 Å². The normalized spacial score (nSPS) is 17.2. The van der Waals surface area contributed by atoms with E-state index >= 15 is 0 Å². The zero-order valence-corrected chi connectivity index (χ0v) is 13.5. The molecule has 116 valence electrons. The maximum Gasteiger partial charge on any atom is 0.306 e. The van der Waals surface area contributed by atoms with Crippen LogP contribution >= 0.6 is 0 Å². The van der Waals surface area contributed by atoms with E-state index in [4.69, 9.17) is 4.74 Å². The highest BCUT2D eigenvalue weighted by Crippen LogP contribution is 2.49. The lowest BCUT2D eigenvalue weighted by atomic mass is 10.1. The van der Waals surface area contributed by atoms with E-state index in [0.717, 1.165) is 37.9 Å². The van der Waals surface area contributed by atoms with Crippen molar-refractivity contribution in [2.45, 2.75) is 38.5 Å². The van der Waals surface area contributed by atoms with Crippen LogP contribution in [0.3, 0.4) is 0 Å². The van der Waals surface area contributed by atoms with Gasteiger partial charge >= 0.3 is 5.97 Å². The number of rotatable bonds is 9. The van der Waals surface area contributed by atoms with E-state index in [1.54, 1.807) is 0 Å². The molecule has 0 bridgehead atoms. The minimum atomic E-state index is -0.811. The summed E-state index contributed by atoms with van der Waals surface area (Å²) in [6.07, 6.45) is 5.55. The second kappa shape index (κ2) is 7.74. The van der Waals surface area contributed by atoms with Gasteiger partial charge in [0.15, 0.2) is 0 Å². The van der Waals surface area contributed by atoms with Gasteiger partial charge in [-0.2, -0.15) is 0 Å². The van der Waals surface area contributed by atoms with Crippen molar-refractivity contribution in [2.24, 2.45) is 5.41 Å². The summed E-state index contributed by atoms with van der Waals surface area (Å²) in [4.78, 5) is 11.3. The summed E-state index contributed by atoms with van der Waals surface area (Å²) in [6, 6.07) is 10.4. The molecule has 0 N–H and O–H groups in total. The Balaban J connectivity index is 1.63. The van der Waals surface area contributed by atoms with Gasteiger partial charge in [-0.3, -0.25) is 9.00 Å². The minimum Gasteiger partial charge on any atom is -0.469 e. The molecule has 1 aliphatic rings. The Kier molecular flexibility index (Phi) is 5.97. The minimum absolute atomic E-state index is 0.0165. The molecule has 1 saturated carbocycles. The van der Waals surface area contributed by atoms with Gasteiger partial charge in [0.1, 0.15) is 0 Å². The van der Waals surface area contributed by atoms with Crippen molar-refractivity contribution in [1.82, 2.24) is 0 Å². The fraction of sp³-hybridized carbons (Fsp3) is 0.588. The maximum atomic E-state index is 12.1. The molecular weight excluding hydrogens is 284 g/mol. The number of aryl methyl sites for hydroxylation is 1. The molecule has 0 aromatic heterocycles. The Bertz CT molecular complexity index is 480. The fourth-order valence-corrected chi connectivity index (χ4v) is 4.32. The lowest BCUT2D eigenvalue weighted by Gasteiger charge is -2.13. The number of hydrogen-bond donors (Lipinski definition) is 0. The van der Waals surface area contributed by atoms with Crippen molar-refractivity contribution in [3.63, 3.8) is 0 Å². The lowest BCUT2D eigenvalue weighted by Crippen LogP contribution is -2.19. The van der Waals surface area contributed by atoms with Crippen molar-refractivity contribution in [3.05, 3.63) is 35.9 Å². The first-order valence-corrected chi connectivity index (χ1v) is 9.08. The first kappa shape index (κ1) is 16.2. The van der Waals surface area contributed by atoms with Crippen LogP contribution in [0, 0.1) is 5.41 Å². The molecule has 0 radical (unpaired) electrons. The summed E-state index contributed by atoms with van der Waals surface area (Å²) in [5.74, 6) is 1.23. The summed E-state index contributed by atoms with van der Waals surface area (Å²) in [5.41, 5.74) is 1.32. The molecule has 1 atom stereocenters. The van der Waals surface area contributed by atoms with E-state index in [1.807, 2.05) is 6.07 Å². The lowest BCUT2D eigenvalue weighted by molar-refractivity contribution is -0.141.